The van der Waals surface area contributed by atoms with Crippen LogP contribution in [0.5, 0.6) is 23.0 Å². The molecule has 0 fully saturated rings. The Morgan fingerprint density at radius 2 is 0.938 bits per heavy atom. The lowest BCUT2D eigenvalue weighted by Crippen LogP contribution is -2.09. The van der Waals surface area contributed by atoms with Gasteiger partial charge in [-0.3, -0.25) is 9.59 Å². The van der Waals surface area contributed by atoms with E-state index in [1.807, 2.05) is 0 Å². The Balaban J connectivity index is 1.53. The van der Waals surface area contributed by atoms with E-state index in [0.717, 1.165) is 0 Å². The summed E-state index contributed by atoms with van der Waals surface area (Å²) in [7, 11) is 0. The van der Waals surface area contributed by atoms with Crippen LogP contribution < -0.4 is 10.6 Å². The molecule has 0 aliphatic carbocycles. The van der Waals surface area contributed by atoms with Crippen LogP contribution >= 0.6 is 0 Å². The number of phenolic OH excluding ortho intramolecular Hbond substituents is 4. The second-order valence-corrected chi connectivity index (χ2v) is 6.72. The molecule has 0 spiro atoms. The normalized spacial score (nSPS) is 11.0. The van der Waals surface area contributed by atoms with Crippen molar-refractivity contribution >= 4 is 35.3 Å². The molecule has 3 rings (SSSR count). The van der Waals surface area contributed by atoms with Gasteiger partial charge in [0.2, 0.25) is 11.8 Å². The quantitative estimate of drug-likeness (QED) is 0.259. The molecular formula is C24H20N2O6. The number of phenols is 4. The van der Waals surface area contributed by atoms with Crippen molar-refractivity contribution in [3.05, 3.63) is 83.9 Å². The average Bonchev–Trinajstić information content (AvgIpc) is 2.77. The minimum atomic E-state index is -0.394. The Hall–Kier alpha value is -4.72. The summed E-state index contributed by atoms with van der Waals surface area (Å²) in [4.78, 5) is 24.1. The molecule has 0 bridgehead atoms. The van der Waals surface area contributed by atoms with Gasteiger partial charge in [-0.2, -0.15) is 0 Å². The zero-order chi connectivity index (χ0) is 23.1. The van der Waals surface area contributed by atoms with Crippen LogP contribution in [0.15, 0.2) is 72.8 Å². The molecule has 0 aromatic heterocycles. The first-order valence-electron chi connectivity index (χ1n) is 9.42. The molecule has 0 unspecified atom stereocenters. The van der Waals surface area contributed by atoms with E-state index >= 15 is 0 Å². The van der Waals surface area contributed by atoms with Gasteiger partial charge in [0.15, 0.2) is 23.0 Å². The number of amides is 2. The molecule has 0 aliphatic heterocycles. The molecule has 3 aromatic rings. The van der Waals surface area contributed by atoms with Gasteiger partial charge in [-0.15, -0.1) is 0 Å². The first kappa shape index (κ1) is 22.0. The van der Waals surface area contributed by atoms with Gasteiger partial charge < -0.3 is 31.1 Å². The first-order chi connectivity index (χ1) is 15.3. The number of carbonyl (C=O) groups is 2. The Kier molecular flexibility index (Phi) is 6.77. The van der Waals surface area contributed by atoms with Crippen molar-refractivity contribution in [1.29, 1.82) is 0 Å². The third-order valence-corrected chi connectivity index (χ3v) is 4.27. The summed E-state index contributed by atoms with van der Waals surface area (Å²) < 4.78 is 0. The lowest BCUT2D eigenvalue weighted by molar-refractivity contribution is -0.112. The van der Waals surface area contributed by atoms with E-state index in [9.17, 15) is 30.0 Å². The van der Waals surface area contributed by atoms with Crippen LogP contribution in [0.4, 0.5) is 11.4 Å². The highest BCUT2D eigenvalue weighted by molar-refractivity contribution is 6.03. The van der Waals surface area contributed by atoms with Crippen LogP contribution in [0, 0.1) is 0 Å². The number of benzene rings is 3. The Morgan fingerprint density at radius 3 is 1.28 bits per heavy atom. The maximum atomic E-state index is 12.0. The Labute approximate surface area is 183 Å². The number of hydrogen-bond donors (Lipinski definition) is 6. The van der Waals surface area contributed by atoms with Crippen molar-refractivity contribution in [1.82, 2.24) is 0 Å². The predicted molar refractivity (Wildman–Crippen MR) is 121 cm³/mol. The fourth-order valence-electron chi connectivity index (χ4n) is 2.64. The molecule has 32 heavy (non-hydrogen) atoms. The number of aromatic hydroxyl groups is 4. The largest absolute Gasteiger partial charge is 0.504 e. The van der Waals surface area contributed by atoms with Crippen molar-refractivity contribution in [2.75, 3.05) is 10.6 Å². The van der Waals surface area contributed by atoms with Crippen LogP contribution in [0.25, 0.3) is 12.2 Å². The topological polar surface area (TPSA) is 139 Å². The molecule has 0 saturated carbocycles. The third-order valence-electron chi connectivity index (χ3n) is 4.27. The second-order valence-electron chi connectivity index (χ2n) is 6.72. The number of rotatable bonds is 6. The summed E-state index contributed by atoms with van der Waals surface area (Å²) in [6, 6.07) is 14.9. The minimum absolute atomic E-state index is 0.242. The molecule has 162 valence electrons. The van der Waals surface area contributed by atoms with E-state index in [1.165, 1.54) is 48.6 Å². The van der Waals surface area contributed by atoms with Gasteiger partial charge in [-0.05, 0) is 71.8 Å². The summed E-state index contributed by atoms with van der Waals surface area (Å²) in [6.45, 7) is 0. The van der Waals surface area contributed by atoms with Crippen LogP contribution in [0.1, 0.15) is 11.1 Å². The highest BCUT2D eigenvalue weighted by atomic mass is 16.3. The lowest BCUT2D eigenvalue weighted by atomic mass is 10.2. The fraction of sp³-hybridized carbons (Fsp3) is 0. The number of anilines is 2. The highest BCUT2D eigenvalue weighted by Crippen LogP contribution is 2.26. The molecule has 0 heterocycles. The second kappa shape index (κ2) is 9.86. The van der Waals surface area contributed by atoms with Crippen LogP contribution in [-0.4, -0.2) is 32.2 Å². The monoisotopic (exact) mass is 432 g/mol. The summed E-state index contributed by atoms with van der Waals surface area (Å²) in [6.07, 6.45) is 5.55. The van der Waals surface area contributed by atoms with Crippen molar-refractivity contribution < 1.29 is 30.0 Å². The SMILES string of the molecule is O=C(/C=C/c1ccc(O)c(O)c1)Nc1ccc(NC(=O)/C=C/c2ccc(O)c(O)c2)cc1. The van der Waals surface area contributed by atoms with Crippen LogP contribution in [-0.2, 0) is 9.59 Å². The summed E-state index contributed by atoms with van der Waals surface area (Å²) >= 11 is 0. The zero-order valence-corrected chi connectivity index (χ0v) is 16.7. The van der Waals surface area contributed by atoms with Crippen molar-refractivity contribution in [2.24, 2.45) is 0 Å². The molecule has 3 aromatic carbocycles. The smallest absolute Gasteiger partial charge is 0.248 e. The van der Waals surface area contributed by atoms with Gasteiger partial charge in [0.1, 0.15) is 0 Å². The first-order valence-corrected chi connectivity index (χ1v) is 9.42. The lowest BCUT2D eigenvalue weighted by Gasteiger charge is -2.05. The van der Waals surface area contributed by atoms with E-state index in [0.29, 0.717) is 22.5 Å². The van der Waals surface area contributed by atoms with Gasteiger partial charge in [0.25, 0.3) is 0 Å². The number of nitrogens with one attached hydrogen (secondary N) is 2. The molecule has 8 nitrogen and oxygen atoms in total. The highest BCUT2D eigenvalue weighted by Gasteiger charge is 2.03. The van der Waals surface area contributed by atoms with E-state index in [1.54, 1.807) is 36.4 Å². The summed E-state index contributed by atoms with van der Waals surface area (Å²) in [5.74, 6) is -1.82. The van der Waals surface area contributed by atoms with Crippen LogP contribution in [0.3, 0.4) is 0 Å². The average molecular weight is 432 g/mol. The van der Waals surface area contributed by atoms with Crippen LogP contribution in [0.2, 0.25) is 0 Å². The molecule has 0 radical (unpaired) electrons. The van der Waals surface area contributed by atoms with Crippen molar-refractivity contribution in [2.45, 2.75) is 0 Å². The predicted octanol–water partition coefficient (Wildman–Crippen LogP) is 3.81. The van der Waals surface area contributed by atoms with Gasteiger partial charge in [0, 0.05) is 23.5 Å². The van der Waals surface area contributed by atoms with Gasteiger partial charge in [0.05, 0.1) is 0 Å². The fourth-order valence-corrected chi connectivity index (χ4v) is 2.64. The Bertz CT molecular complexity index is 1110. The molecular weight excluding hydrogens is 412 g/mol. The van der Waals surface area contributed by atoms with E-state index in [2.05, 4.69) is 10.6 Å². The molecule has 6 N–H and O–H groups in total. The minimum Gasteiger partial charge on any atom is -0.504 e. The Morgan fingerprint density at radius 1 is 0.562 bits per heavy atom. The van der Waals surface area contributed by atoms with Crippen molar-refractivity contribution in [3.8, 4) is 23.0 Å². The standard InChI is InChI=1S/C24H20N2O6/c27-19-9-1-15(13-21(19)29)3-11-23(31)25-17-5-7-18(8-6-17)26-24(32)12-4-16-2-10-20(28)22(30)14-16/h1-14,27-30H,(H,25,31)(H,26,32)/b11-3+,12-4+. The van der Waals surface area contributed by atoms with Gasteiger partial charge in [-0.25, -0.2) is 0 Å². The molecule has 2 amide bonds. The van der Waals surface area contributed by atoms with Gasteiger partial charge >= 0.3 is 0 Å². The molecule has 0 aliphatic rings. The van der Waals surface area contributed by atoms with E-state index in [-0.39, 0.29) is 23.0 Å². The summed E-state index contributed by atoms with van der Waals surface area (Å²) in [5, 5.41) is 42.8. The molecule has 0 saturated heterocycles. The maximum Gasteiger partial charge on any atom is 0.248 e. The third kappa shape index (κ3) is 6.14. The molecule has 8 heteroatoms. The van der Waals surface area contributed by atoms with E-state index in [4.69, 9.17) is 0 Å². The maximum absolute atomic E-state index is 12.0. The zero-order valence-electron chi connectivity index (χ0n) is 16.7. The summed E-state index contributed by atoms with van der Waals surface area (Å²) in [5.41, 5.74) is 2.12. The number of carbonyl (C=O) groups excluding carboxylic acids is 2. The van der Waals surface area contributed by atoms with Gasteiger partial charge in [-0.1, -0.05) is 12.1 Å². The van der Waals surface area contributed by atoms with E-state index < -0.39 is 11.8 Å². The number of hydrogen-bond acceptors (Lipinski definition) is 6. The van der Waals surface area contributed by atoms with Crippen molar-refractivity contribution in [3.63, 3.8) is 0 Å². The molecule has 0 atom stereocenters.